The second-order valence-corrected chi connectivity index (χ2v) is 9.31. The van der Waals surface area contributed by atoms with Crippen LogP contribution in [0.4, 0.5) is 0 Å². The van der Waals surface area contributed by atoms with E-state index >= 15 is 0 Å². The molecular formula is C35H21N3O. The first-order valence-corrected chi connectivity index (χ1v) is 12.5. The molecule has 0 bridgehead atoms. The molecule has 0 aliphatic rings. The van der Waals surface area contributed by atoms with Crippen LogP contribution >= 0.6 is 0 Å². The van der Waals surface area contributed by atoms with Gasteiger partial charge in [-0.05, 0) is 34.4 Å². The minimum absolute atomic E-state index is 0.00888. The van der Waals surface area contributed by atoms with E-state index in [4.69, 9.17) is 26.2 Å². The standard InChI is InChI=1S/C35H21N3O/c1-2-11-24(12-3-1)33-36-34(26-18-17-22-9-4-5-13-25(22)21-26)38-35(37-33)29-15-8-16-30-31(29)28-20-19-23-10-6-7-14-27(23)32(28)39-30/h1-21H/i1D,2D,3D,11D,12D. The van der Waals surface area contributed by atoms with E-state index < -0.39 is 18.1 Å². The number of furan rings is 1. The molecule has 0 spiro atoms. The monoisotopic (exact) mass is 504 g/mol. The predicted octanol–water partition coefficient (Wildman–Crippen LogP) is 9.08. The van der Waals surface area contributed by atoms with Crippen LogP contribution in [0.3, 0.4) is 0 Å². The number of nitrogens with zero attached hydrogens (tertiary/aromatic N) is 3. The summed E-state index contributed by atoms with van der Waals surface area (Å²) in [7, 11) is 0. The van der Waals surface area contributed by atoms with Crippen molar-refractivity contribution < 1.29 is 11.3 Å². The van der Waals surface area contributed by atoms with Crippen molar-refractivity contribution in [1.82, 2.24) is 15.0 Å². The second kappa shape index (κ2) is 8.61. The van der Waals surface area contributed by atoms with Crippen molar-refractivity contribution in [2.75, 3.05) is 0 Å². The molecule has 0 aliphatic carbocycles. The van der Waals surface area contributed by atoms with Crippen molar-refractivity contribution in [2.24, 2.45) is 0 Å². The lowest BCUT2D eigenvalue weighted by atomic mass is 10.0. The zero-order valence-corrected chi connectivity index (χ0v) is 20.5. The summed E-state index contributed by atoms with van der Waals surface area (Å²) in [4.78, 5) is 14.4. The Kier molecular flexibility index (Phi) is 3.80. The zero-order valence-electron chi connectivity index (χ0n) is 25.5. The van der Waals surface area contributed by atoms with Gasteiger partial charge in [-0.3, -0.25) is 0 Å². The van der Waals surface area contributed by atoms with Crippen LogP contribution in [0.1, 0.15) is 6.85 Å². The third kappa shape index (κ3) is 3.57. The summed E-state index contributed by atoms with van der Waals surface area (Å²) in [6, 6.07) is 29.4. The molecule has 0 saturated carbocycles. The maximum Gasteiger partial charge on any atom is 0.164 e. The van der Waals surface area contributed by atoms with E-state index in [0.29, 0.717) is 28.4 Å². The number of benzene rings is 6. The summed E-state index contributed by atoms with van der Waals surface area (Å²) >= 11 is 0. The molecule has 0 fully saturated rings. The van der Waals surface area contributed by atoms with Gasteiger partial charge < -0.3 is 4.42 Å². The Morgan fingerprint density at radius 2 is 1.26 bits per heavy atom. The van der Waals surface area contributed by atoms with Gasteiger partial charge in [0.05, 0.1) is 6.85 Å². The number of aromatic nitrogens is 3. The molecule has 0 unspecified atom stereocenters. The molecule has 0 radical (unpaired) electrons. The fraction of sp³-hybridized carbons (Fsp3) is 0. The van der Waals surface area contributed by atoms with Crippen molar-refractivity contribution >= 4 is 43.5 Å². The Morgan fingerprint density at radius 1 is 0.538 bits per heavy atom. The highest BCUT2D eigenvalue weighted by Crippen LogP contribution is 2.39. The van der Waals surface area contributed by atoms with Crippen LogP contribution in [-0.4, -0.2) is 15.0 Å². The number of hydrogen-bond donors (Lipinski definition) is 0. The Morgan fingerprint density at radius 3 is 2.13 bits per heavy atom. The Hall–Kier alpha value is -5.35. The molecule has 2 aromatic heterocycles. The number of rotatable bonds is 3. The highest BCUT2D eigenvalue weighted by molar-refractivity contribution is 6.18. The molecule has 0 atom stereocenters. The smallest absolute Gasteiger partial charge is 0.164 e. The van der Waals surface area contributed by atoms with Crippen molar-refractivity contribution in [3.63, 3.8) is 0 Å². The van der Waals surface area contributed by atoms with Crippen molar-refractivity contribution in [3.05, 3.63) is 127 Å². The van der Waals surface area contributed by atoms with E-state index in [1.54, 1.807) is 0 Å². The van der Waals surface area contributed by atoms with E-state index in [1.165, 1.54) is 0 Å². The van der Waals surface area contributed by atoms with E-state index in [1.807, 2.05) is 91.0 Å². The average Bonchev–Trinajstić information content (AvgIpc) is 3.46. The Bertz CT molecular complexity index is 2440. The van der Waals surface area contributed by atoms with Crippen molar-refractivity contribution in [2.45, 2.75) is 0 Å². The van der Waals surface area contributed by atoms with Gasteiger partial charge in [0.2, 0.25) is 0 Å². The van der Waals surface area contributed by atoms with Crippen LogP contribution in [0, 0.1) is 0 Å². The molecule has 0 amide bonds. The molecule has 8 aromatic rings. The molecule has 2 heterocycles. The maximum atomic E-state index is 8.63. The number of fused-ring (bicyclic) bond motifs is 6. The van der Waals surface area contributed by atoms with Gasteiger partial charge in [0.15, 0.2) is 17.5 Å². The number of hydrogen-bond acceptors (Lipinski definition) is 4. The molecular weight excluding hydrogens is 478 g/mol. The Balaban J connectivity index is 1.45. The van der Waals surface area contributed by atoms with Crippen molar-refractivity contribution in [3.8, 4) is 34.2 Å². The summed E-state index contributed by atoms with van der Waals surface area (Å²) in [5, 5.41) is 5.80. The van der Waals surface area contributed by atoms with Gasteiger partial charge >= 0.3 is 0 Å². The van der Waals surface area contributed by atoms with Crippen LogP contribution < -0.4 is 0 Å². The molecule has 39 heavy (non-hydrogen) atoms. The van der Waals surface area contributed by atoms with Crippen molar-refractivity contribution in [1.29, 1.82) is 0 Å². The summed E-state index contributed by atoms with van der Waals surface area (Å²) in [6.07, 6.45) is 0. The van der Waals surface area contributed by atoms with Gasteiger partial charge in [0.1, 0.15) is 11.2 Å². The van der Waals surface area contributed by atoms with Gasteiger partial charge in [0.25, 0.3) is 0 Å². The highest BCUT2D eigenvalue weighted by atomic mass is 16.3. The molecule has 0 saturated heterocycles. The SMILES string of the molecule is [2H]c1c([2H])c([2H])c(-c2nc(-c3ccc4ccccc4c3)nc(-c3cccc4oc5c6ccccc6ccc5c34)n2)c([2H])c1[2H]. The molecule has 182 valence electrons. The topological polar surface area (TPSA) is 51.8 Å². The van der Waals surface area contributed by atoms with Crippen LogP contribution in [-0.2, 0) is 0 Å². The average molecular weight is 505 g/mol. The van der Waals surface area contributed by atoms with Gasteiger partial charge in [-0.25, -0.2) is 15.0 Å². The molecule has 4 nitrogen and oxygen atoms in total. The third-order valence-electron chi connectivity index (χ3n) is 6.99. The zero-order chi connectivity index (χ0) is 30.1. The molecule has 8 rings (SSSR count). The van der Waals surface area contributed by atoms with E-state index in [9.17, 15) is 0 Å². The first-order valence-electron chi connectivity index (χ1n) is 15.0. The fourth-order valence-corrected chi connectivity index (χ4v) is 5.17. The summed E-state index contributed by atoms with van der Waals surface area (Å²) in [6.45, 7) is 0. The summed E-state index contributed by atoms with van der Waals surface area (Å²) in [5.41, 5.74) is 2.70. The highest BCUT2D eigenvalue weighted by Gasteiger charge is 2.18. The summed E-state index contributed by atoms with van der Waals surface area (Å²) < 4.78 is 48.3. The van der Waals surface area contributed by atoms with Crippen LogP contribution in [0.2, 0.25) is 0 Å². The lowest BCUT2D eigenvalue weighted by molar-refractivity contribution is 0.672. The second-order valence-electron chi connectivity index (χ2n) is 9.31. The first kappa shape index (κ1) is 17.2. The largest absolute Gasteiger partial charge is 0.455 e. The van der Waals surface area contributed by atoms with E-state index in [-0.39, 0.29) is 23.5 Å². The lowest BCUT2D eigenvalue weighted by Crippen LogP contribution is -2.00. The Labute approximate surface area is 231 Å². The van der Waals surface area contributed by atoms with Gasteiger partial charge in [-0.1, -0.05) is 109 Å². The quantitative estimate of drug-likeness (QED) is 0.241. The molecule has 0 N–H and O–H groups in total. The predicted molar refractivity (Wildman–Crippen MR) is 158 cm³/mol. The summed E-state index contributed by atoms with van der Waals surface area (Å²) in [5.74, 6) is 0.606. The minimum Gasteiger partial charge on any atom is -0.455 e. The van der Waals surface area contributed by atoms with Gasteiger partial charge in [-0.15, -0.1) is 0 Å². The fourth-order valence-electron chi connectivity index (χ4n) is 5.17. The van der Waals surface area contributed by atoms with Crippen LogP contribution in [0.5, 0.6) is 0 Å². The van der Waals surface area contributed by atoms with E-state index in [0.717, 1.165) is 37.9 Å². The van der Waals surface area contributed by atoms with Gasteiger partial charge in [-0.2, -0.15) is 0 Å². The maximum absolute atomic E-state index is 8.63. The van der Waals surface area contributed by atoms with Crippen LogP contribution in [0.15, 0.2) is 132 Å². The molecule has 4 heteroatoms. The van der Waals surface area contributed by atoms with Crippen LogP contribution in [0.25, 0.3) is 77.6 Å². The minimum atomic E-state index is -0.477. The first-order chi connectivity index (χ1) is 21.4. The third-order valence-corrected chi connectivity index (χ3v) is 6.99. The van der Waals surface area contributed by atoms with E-state index in [2.05, 4.69) is 6.07 Å². The lowest BCUT2D eigenvalue weighted by Gasteiger charge is -2.10. The molecule has 6 aromatic carbocycles. The van der Waals surface area contributed by atoms with Gasteiger partial charge in [0, 0.05) is 32.8 Å². The molecule has 0 aliphatic heterocycles. The normalized spacial score (nSPS) is 13.4.